The van der Waals surface area contributed by atoms with Crippen LogP contribution in [0.4, 0.5) is 0 Å². The van der Waals surface area contributed by atoms with Gasteiger partial charge < -0.3 is 14.9 Å². The zero-order valence-electron chi connectivity index (χ0n) is 15.9. The summed E-state index contributed by atoms with van der Waals surface area (Å²) in [6, 6.07) is 5.48. The third-order valence-corrected chi connectivity index (χ3v) is 4.81. The highest BCUT2D eigenvalue weighted by atomic mass is 16.3. The quantitative estimate of drug-likeness (QED) is 0.862. The van der Waals surface area contributed by atoms with Crippen LogP contribution in [0.25, 0.3) is 5.82 Å². The fourth-order valence-corrected chi connectivity index (χ4v) is 3.37. The Hall–Kier alpha value is -2.74. The van der Waals surface area contributed by atoms with Gasteiger partial charge in [0.1, 0.15) is 0 Å². The molecule has 2 amide bonds. The van der Waals surface area contributed by atoms with E-state index in [0.717, 1.165) is 11.4 Å². The number of amides is 2. The number of nitrogens with zero attached hydrogens (tertiary/aromatic N) is 5. The number of rotatable bonds is 3. The molecule has 8 heteroatoms. The number of carbonyl (C=O) groups excluding carboxylic acids is 2. The Labute approximate surface area is 158 Å². The van der Waals surface area contributed by atoms with Crippen molar-refractivity contribution in [3.8, 4) is 5.82 Å². The van der Waals surface area contributed by atoms with E-state index < -0.39 is 0 Å². The summed E-state index contributed by atoms with van der Waals surface area (Å²) in [5, 5.41) is 14.0. The second kappa shape index (κ2) is 7.87. The minimum atomic E-state index is -0.151. The number of hydrogen-bond acceptors (Lipinski definition) is 5. The molecule has 1 saturated heterocycles. The van der Waals surface area contributed by atoms with E-state index in [1.165, 1.54) is 6.92 Å². The molecule has 0 saturated carbocycles. The van der Waals surface area contributed by atoms with Crippen molar-refractivity contribution >= 4 is 11.8 Å². The van der Waals surface area contributed by atoms with E-state index >= 15 is 0 Å². The molecule has 27 heavy (non-hydrogen) atoms. The van der Waals surface area contributed by atoms with E-state index in [2.05, 4.69) is 10.1 Å². The normalized spacial score (nSPS) is 17.7. The van der Waals surface area contributed by atoms with Crippen LogP contribution in [0.3, 0.4) is 0 Å². The van der Waals surface area contributed by atoms with E-state index in [4.69, 9.17) is 0 Å². The van der Waals surface area contributed by atoms with Gasteiger partial charge in [-0.15, -0.1) is 0 Å². The Bertz CT molecular complexity index is 830. The number of pyridine rings is 1. The minimum absolute atomic E-state index is 0.0429. The smallest absolute Gasteiger partial charge is 0.255 e. The molecule has 1 N–H and O–H groups in total. The van der Waals surface area contributed by atoms with Crippen molar-refractivity contribution in [1.29, 1.82) is 0 Å². The molecule has 2 aromatic heterocycles. The van der Waals surface area contributed by atoms with Gasteiger partial charge in [-0.1, -0.05) is 0 Å². The van der Waals surface area contributed by atoms with Gasteiger partial charge in [-0.3, -0.25) is 9.59 Å². The fraction of sp³-hybridized carbons (Fsp3) is 0.474. The van der Waals surface area contributed by atoms with Crippen LogP contribution in [-0.2, 0) is 4.79 Å². The number of aromatic nitrogens is 3. The second-order valence-electron chi connectivity index (χ2n) is 7.01. The van der Waals surface area contributed by atoms with E-state index in [1.807, 2.05) is 19.9 Å². The molecule has 0 bridgehead atoms. The molecule has 3 rings (SSSR count). The lowest BCUT2D eigenvalue weighted by molar-refractivity contribution is -0.129. The third-order valence-electron chi connectivity index (χ3n) is 4.81. The Morgan fingerprint density at radius 2 is 1.89 bits per heavy atom. The maximum Gasteiger partial charge on any atom is 0.255 e. The molecular weight excluding hydrogens is 346 g/mol. The minimum Gasteiger partial charge on any atom is -0.396 e. The van der Waals surface area contributed by atoms with Gasteiger partial charge in [-0.05, 0) is 32.0 Å². The summed E-state index contributed by atoms with van der Waals surface area (Å²) in [5.74, 6) is 0.316. The van der Waals surface area contributed by atoms with Crippen molar-refractivity contribution in [2.45, 2.75) is 20.8 Å². The van der Waals surface area contributed by atoms with Crippen LogP contribution < -0.4 is 0 Å². The Morgan fingerprint density at radius 3 is 2.44 bits per heavy atom. The molecule has 0 spiro atoms. The van der Waals surface area contributed by atoms with Crippen molar-refractivity contribution < 1.29 is 14.7 Å². The molecule has 8 nitrogen and oxygen atoms in total. The number of hydrogen-bond donors (Lipinski definition) is 1. The topological polar surface area (TPSA) is 91.6 Å². The monoisotopic (exact) mass is 371 g/mol. The van der Waals surface area contributed by atoms with Crippen molar-refractivity contribution in [2.75, 3.05) is 32.8 Å². The summed E-state index contributed by atoms with van der Waals surface area (Å²) >= 11 is 0. The van der Waals surface area contributed by atoms with Gasteiger partial charge in [0.25, 0.3) is 5.91 Å². The first-order valence-corrected chi connectivity index (χ1v) is 9.04. The van der Waals surface area contributed by atoms with Crippen LogP contribution in [0.2, 0.25) is 0 Å². The lowest BCUT2D eigenvalue weighted by atomic mass is 10.1. The maximum absolute atomic E-state index is 12.9. The molecular formula is C19H25N5O3. The molecule has 0 unspecified atom stereocenters. The molecule has 1 aliphatic heterocycles. The first-order chi connectivity index (χ1) is 12.9. The SMILES string of the molecule is CC(=O)N1CCN(C(=O)c2ccc(-n3nc(C)cc3C)nc2)C[C@H](CO)C1. The summed E-state index contributed by atoms with van der Waals surface area (Å²) in [5.41, 5.74) is 2.36. The number of carbonyl (C=O) groups is 2. The zero-order valence-corrected chi connectivity index (χ0v) is 15.9. The lowest BCUT2D eigenvalue weighted by Crippen LogP contribution is -2.37. The van der Waals surface area contributed by atoms with E-state index in [0.29, 0.717) is 37.6 Å². The van der Waals surface area contributed by atoms with Crippen LogP contribution >= 0.6 is 0 Å². The first kappa shape index (κ1) is 19.0. The average Bonchev–Trinajstić information content (AvgIpc) is 2.86. The van der Waals surface area contributed by atoms with Crippen molar-refractivity contribution in [2.24, 2.45) is 5.92 Å². The van der Waals surface area contributed by atoms with Crippen LogP contribution in [0.1, 0.15) is 28.7 Å². The van der Waals surface area contributed by atoms with Gasteiger partial charge in [0, 0.05) is 57.5 Å². The highest BCUT2D eigenvalue weighted by Crippen LogP contribution is 2.15. The third kappa shape index (κ3) is 4.16. The average molecular weight is 371 g/mol. The van der Waals surface area contributed by atoms with E-state index in [1.54, 1.807) is 32.8 Å². The van der Waals surface area contributed by atoms with Gasteiger partial charge in [0.2, 0.25) is 5.91 Å². The van der Waals surface area contributed by atoms with Gasteiger partial charge in [-0.2, -0.15) is 5.10 Å². The fourth-order valence-electron chi connectivity index (χ4n) is 3.37. The number of aryl methyl sites for hydroxylation is 2. The molecule has 0 radical (unpaired) electrons. The number of aliphatic hydroxyl groups is 1. The summed E-state index contributed by atoms with van der Waals surface area (Å²) in [4.78, 5) is 32.3. The van der Waals surface area contributed by atoms with Crippen molar-refractivity contribution in [1.82, 2.24) is 24.6 Å². The molecule has 3 heterocycles. The van der Waals surface area contributed by atoms with Crippen molar-refractivity contribution in [3.63, 3.8) is 0 Å². The van der Waals surface area contributed by atoms with Crippen LogP contribution in [0, 0.1) is 19.8 Å². The largest absolute Gasteiger partial charge is 0.396 e. The van der Waals surface area contributed by atoms with Gasteiger partial charge >= 0.3 is 0 Å². The molecule has 0 aliphatic carbocycles. The molecule has 0 aromatic carbocycles. The molecule has 2 aromatic rings. The predicted octanol–water partition coefficient (Wildman–Crippen LogP) is 0.797. The van der Waals surface area contributed by atoms with Crippen molar-refractivity contribution in [3.05, 3.63) is 41.3 Å². The standard InChI is InChI=1S/C19H25N5O3/c1-13-8-14(2)24(21-13)18-5-4-17(9-20-18)19(27)23-7-6-22(15(3)26)10-16(11-23)12-25/h4-5,8-9,16,25H,6-7,10-12H2,1-3H3/t16-/m1/s1. The molecule has 144 valence electrons. The van der Waals surface area contributed by atoms with Gasteiger partial charge in [0.05, 0.1) is 11.3 Å². The predicted molar refractivity (Wildman–Crippen MR) is 99.6 cm³/mol. The second-order valence-corrected chi connectivity index (χ2v) is 7.01. The molecule has 1 atom stereocenters. The summed E-state index contributed by atoms with van der Waals surface area (Å²) in [6.45, 7) is 7.10. The van der Waals surface area contributed by atoms with E-state index in [-0.39, 0.29) is 24.3 Å². The van der Waals surface area contributed by atoms with Crippen LogP contribution in [0.5, 0.6) is 0 Å². The molecule has 1 fully saturated rings. The summed E-state index contributed by atoms with van der Waals surface area (Å²) in [7, 11) is 0. The van der Waals surface area contributed by atoms with Gasteiger partial charge in [0.15, 0.2) is 5.82 Å². The molecule has 1 aliphatic rings. The van der Waals surface area contributed by atoms with Crippen LogP contribution in [0.15, 0.2) is 24.4 Å². The maximum atomic E-state index is 12.9. The number of aliphatic hydroxyl groups excluding tert-OH is 1. The Morgan fingerprint density at radius 1 is 1.19 bits per heavy atom. The van der Waals surface area contributed by atoms with Gasteiger partial charge in [-0.25, -0.2) is 9.67 Å². The first-order valence-electron chi connectivity index (χ1n) is 9.04. The highest BCUT2D eigenvalue weighted by molar-refractivity contribution is 5.94. The van der Waals surface area contributed by atoms with E-state index in [9.17, 15) is 14.7 Å². The van der Waals surface area contributed by atoms with Crippen LogP contribution in [-0.4, -0.2) is 74.3 Å². The Kier molecular flexibility index (Phi) is 5.55. The zero-order chi connectivity index (χ0) is 19.6. The highest BCUT2D eigenvalue weighted by Gasteiger charge is 2.27. The Balaban J connectivity index is 1.76. The summed E-state index contributed by atoms with van der Waals surface area (Å²) in [6.07, 6.45) is 1.55. The summed E-state index contributed by atoms with van der Waals surface area (Å²) < 4.78 is 1.74. The lowest BCUT2D eigenvalue weighted by Gasteiger charge is -2.22.